The molecule has 1 heterocycles. The highest BCUT2D eigenvalue weighted by atomic mass is 35.5. The van der Waals surface area contributed by atoms with Crippen LogP contribution >= 0.6 is 11.6 Å². The van der Waals surface area contributed by atoms with Crippen LogP contribution < -0.4 is 16.4 Å². The van der Waals surface area contributed by atoms with E-state index in [4.69, 9.17) is 30.9 Å². The summed E-state index contributed by atoms with van der Waals surface area (Å²) in [5.74, 6) is -2.52. The lowest BCUT2D eigenvalue weighted by Crippen LogP contribution is -2.51. The number of rotatable bonds is 16. The highest BCUT2D eigenvalue weighted by molar-refractivity contribution is 6.74. The maximum Gasteiger partial charge on any atom is 0.412 e. The summed E-state index contributed by atoms with van der Waals surface area (Å²) in [6, 6.07) is 7.95. The van der Waals surface area contributed by atoms with Crippen LogP contribution in [0.5, 0.6) is 0 Å². The minimum Gasteiger partial charge on any atom is -0.444 e. The van der Waals surface area contributed by atoms with Gasteiger partial charge in [0.1, 0.15) is 18.0 Å². The van der Waals surface area contributed by atoms with E-state index in [2.05, 4.69) is 83.5 Å². The molecule has 2 aromatic carbocycles. The molecule has 0 bridgehead atoms. The van der Waals surface area contributed by atoms with E-state index >= 15 is 4.39 Å². The number of ether oxygens (including phenoxy) is 1. The van der Waals surface area contributed by atoms with Crippen molar-refractivity contribution >= 4 is 68.6 Å². The van der Waals surface area contributed by atoms with E-state index < -0.39 is 70.5 Å². The fourth-order valence-corrected chi connectivity index (χ4v) is 7.80. The Hall–Kier alpha value is -3.84. The maximum atomic E-state index is 15.5. The molecule has 0 unspecified atom stereocenters. The first kappa shape index (κ1) is 48.5. The van der Waals surface area contributed by atoms with Gasteiger partial charge in [-0.2, -0.15) is 5.10 Å². The molecule has 322 valence electrons. The molecule has 0 fully saturated rings. The fourth-order valence-electron chi connectivity index (χ4n) is 5.46. The van der Waals surface area contributed by atoms with Crippen LogP contribution in [0.3, 0.4) is 0 Å². The second-order valence-corrected chi connectivity index (χ2v) is 28.9. The largest absolute Gasteiger partial charge is 0.444 e. The van der Waals surface area contributed by atoms with Gasteiger partial charge in [-0.1, -0.05) is 65.3 Å². The molecule has 4 amide bonds. The summed E-state index contributed by atoms with van der Waals surface area (Å²) in [6.45, 7) is 27.8. The summed E-state index contributed by atoms with van der Waals surface area (Å²) in [4.78, 5) is 54.8. The first-order chi connectivity index (χ1) is 26.4. The average Bonchev–Trinajstić information content (AvgIpc) is 3.42. The Kier molecular flexibility index (Phi) is 15.6. The van der Waals surface area contributed by atoms with Gasteiger partial charge in [0.05, 0.1) is 35.8 Å². The number of halogens is 2. The maximum absolute atomic E-state index is 15.5. The molecule has 0 aliphatic rings. The molecular formula is C41H64ClFN6O7Si2. The number of carbonyl (C=O) groups is 4. The van der Waals surface area contributed by atoms with Crippen LogP contribution in [-0.4, -0.2) is 86.5 Å². The summed E-state index contributed by atoms with van der Waals surface area (Å²) in [7, 11) is -4.45. The Balaban J connectivity index is 1.98. The average molecular weight is 864 g/mol. The van der Waals surface area contributed by atoms with Crippen molar-refractivity contribution in [2.75, 3.05) is 25.1 Å². The SMILES string of the molecule is C[C@H](CO[Si](C)(C)C(C)(C)C)N(CC(=O)N[C@@H](CCO[Si](C)(C)C(C)(C)C)c1cccc(Cl)c1F)C(=O)Cn1nc(C(N)=O)c2cc(NC(=O)OC(C)(C)C)ccc21. The number of hydrogen-bond donors (Lipinski definition) is 3. The quantitative estimate of drug-likeness (QED) is 0.120. The van der Waals surface area contributed by atoms with Crippen LogP contribution in [-0.2, 0) is 29.7 Å². The van der Waals surface area contributed by atoms with Gasteiger partial charge in [0.25, 0.3) is 5.91 Å². The van der Waals surface area contributed by atoms with E-state index in [1.165, 1.54) is 21.7 Å². The lowest BCUT2D eigenvalue weighted by Gasteiger charge is -2.38. The Morgan fingerprint density at radius 2 is 1.55 bits per heavy atom. The number of carbonyl (C=O) groups excluding carboxylic acids is 4. The van der Waals surface area contributed by atoms with Gasteiger partial charge in [-0.25, -0.2) is 9.18 Å². The van der Waals surface area contributed by atoms with E-state index in [1.54, 1.807) is 52.0 Å². The molecular weight excluding hydrogens is 799 g/mol. The molecule has 4 N–H and O–H groups in total. The van der Waals surface area contributed by atoms with Gasteiger partial charge in [0, 0.05) is 23.2 Å². The number of primary amides is 1. The Bertz CT molecular complexity index is 1970. The third-order valence-electron chi connectivity index (χ3n) is 10.9. The van der Waals surface area contributed by atoms with Crippen molar-refractivity contribution in [1.82, 2.24) is 20.0 Å². The third kappa shape index (κ3) is 12.8. The molecule has 0 saturated heterocycles. The topological polar surface area (TPSA) is 167 Å². The second-order valence-electron chi connectivity index (χ2n) is 18.8. The van der Waals surface area contributed by atoms with E-state index in [0.717, 1.165) is 0 Å². The lowest BCUT2D eigenvalue weighted by atomic mass is 10.0. The van der Waals surface area contributed by atoms with Gasteiger partial charge in [-0.05, 0) is 94.6 Å². The number of fused-ring (bicyclic) bond motifs is 1. The monoisotopic (exact) mass is 862 g/mol. The van der Waals surface area contributed by atoms with Crippen LogP contribution in [0.15, 0.2) is 36.4 Å². The molecule has 13 nitrogen and oxygen atoms in total. The first-order valence-corrected chi connectivity index (χ1v) is 25.7. The standard InChI is InChI=1S/C41H64ClFN6O7Si2/c1-26(25-55-58(13,14)41(8,9)10)48(23-33(50)46-31(28-16-15-17-30(42)35(28)43)20-21-54-57(11,12)40(5,6)7)34(51)24-49-32-19-18-27(45-38(53)56-39(2,3)4)22-29(32)36(47-49)37(44)52/h15-19,22,26,31H,20-21,23-25H2,1-14H3,(H2,44,52)(H,45,53)(H,46,50)/t26-,31+/m1/s1. The number of nitrogens with one attached hydrogen (secondary N) is 2. The van der Waals surface area contributed by atoms with Crippen LogP contribution in [0, 0.1) is 5.82 Å². The summed E-state index contributed by atoms with van der Waals surface area (Å²) in [5, 5.41) is 10.0. The molecule has 0 saturated carbocycles. The molecule has 3 rings (SSSR count). The smallest absolute Gasteiger partial charge is 0.412 e. The van der Waals surface area contributed by atoms with E-state index in [9.17, 15) is 19.2 Å². The van der Waals surface area contributed by atoms with Crippen molar-refractivity contribution in [3.05, 3.63) is 58.5 Å². The highest BCUT2D eigenvalue weighted by Gasteiger charge is 2.39. The number of amides is 4. The number of nitrogens with two attached hydrogens (primary N) is 1. The van der Waals surface area contributed by atoms with Gasteiger partial charge in [-0.3, -0.25) is 24.4 Å². The van der Waals surface area contributed by atoms with Gasteiger partial charge in [-0.15, -0.1) is 0 Å². The molecule has 2 atom stereocenters. The molecule has 0 radical (unpaired) electrons. The van der Waals surface area contributed by atoms with Gasteiger partial charge >= 0.3 is 6.09 Å². The van der Waals surface area contributed by atoms with Crippen LogP contribution in [0.1, 0.15) is 97.8 Å². The number of hydrogen-bond acceptors (Lipinski definition) is 8. The first-order valence-electron chi connectivity index (χ1n) is 19.5. The van der Waals surface area contributed by atoms with Crippen molar-refractivity contribution in [2.45, 2.75) is 136 Å². The van der Waals surface area contributed by atoms with E-state index in [-0.39, 0.29) is 52.5 Å². The molecule has 0 aliphatic heterocycles. The summed E-state index contributed by atoms with van der Waals surface area (Å²) in [6.07, 6.45) is -0.436. The lowest BCUT2D eigenvalue weighted by molar-refractivity contribution is -0.139. The molecule has 58 heavy (non-hydrogen) atoms. The highest BCUT2D eigenvalue weighted by Crippen LogP contribution is 2.38. The summed E-state index contributed by atoms with van der Waals surface area (Å²) in [5.41, 5.74) is 5.78. The van der Waals surface area contributed by atoms with Crippen molar-refractivity contribution in [2.24, 2.45) is 5.73 Å². The van der Waals surface area contributed by atoms with Crippen LogP contribution in [0.4, 0.5) is 14.9 Å². The summed E-state index contributed by atoms with van der Waals surface area (Å²) < 4.78 is 35.1. The second kappa shape index (κ2) is 18.6. The molecule has 3 aromatic rings. The van der Waals surface area contributed by atoms with Crippen molar-refractivity contribution in [3.63, 3.8) is 0 Å². The Morgan fingerprint density at radius 3 is 2.12 bits per heavy atom. The fraction of sp³-hybridized carbons (Fsp3) is 0.585. The Morgan fingerprint density at radius 1 is 0.948 bits per heavy atom. The van der Waals surface area contributed by atoms with Crippen molar-refractivity contribution < 1.29 is 37.2 Å². The number of nitrogens with zero attached hydrogens (tertiary/aromatic N) is 3. The van der Waals surface area contributed by atoms with Crippen molar-refractivity contribution in [1.29, 1.82) is 0 Å². The van der Waals surface area contributed by atoms with E-state index in [0.29, 0.717) is 16.6 Å². The van der Waals surface area contributed by atoms with Gasteiger partial charge in [0.2, 0.25) is 11.8 Å². The van der Waals surface area contributed by atoms with E-state index in [1.807, 2.05) is 0 Å². The molecule has 17 heteroatoms. The predicted octanol–water partition coefficient (Wildman–Crippen LogP) is 8.78. The minimum atomic E-state index is -2.28. The van der Waals surface area contributed by atoms with Crippen LogP contribution in [0.25, 0.3) is 10.9 Å². The molecule has 0 aliphatic carbocycles. The predicted molar refractivity (Wildman–Crippen MR) is 232 cm³/mol. The normalized spacial score (nSPS) is 13.9. The van der Waals surface area contributed by atoms with Crippen molar-refractivity contribution in [3.8, 4) is 0 Å². The minimum absolute atomic E-state index is 0.0616. The molecule has 1 aromatic heterocycles. The zero-order chi connectivity index (χ0) is 44.2. The number of anilines is 1. The molecule has 0 spiro atoms. The zero-order valence-electron chi connectivity index (χ0n) is 36.7. The van der Waals surface area contributed by atoms with Crippen LogP contribution in [0.2, 0.25) is 41.3 Å². The van der Waals surface area contributed by atoms with Gasteiger partial charge < -0.3 is 29.5 Å². The summed E-state index contributed by atoms with van der Waals surface area (Å²) >= 11 is 6.19. The number of aromatic nitrogens is 2. The third-order valence-corrected chi connectivity index (χ3v) is 20.3. The van der Waals surface area contributed by atoms with Gasteiger partial charge in [0.15, 0.2) is 22.3 Å². The number of benzene rings is 2. The Labute approximate surface area is 350 Å². The zero-order valence-corrected chi connectivity index (χ0v) is 39.4.